The van der Waals surface area contributed by atoms with Gasteiger partial charge in [-0.2, -0.15) is 0 Å². The van der Waals surface area contributed by atoms with E-state index in [2.05, 4.69) is 5.32 Å². The van der Waals surface area contributed by atoms with E-state index in [4.69, 9.17) is 9.47 Å². The zero-order chi connectivity index (χ0) is 17.2. The molecule has 3 unspecified atom stereocenters. The summed E-state index contributed by atoms with van der Waals surface area (Å²) in [4.78, 5) is 15.1. The van der Waals surface area contributed by atoms with Crippen molar-refractivity contribution in [1.82, 2.24) is 10.2 Å². The number of rotatable bonds is 4. The SMILES string of the molecule is O=C(CCS(=O)c1ccc2c(c1)OCCO2)N1CCC2CCC(C1)N2. The minimum atomic E-state index is -1.21. The van der Waals surface area contributed by atoms with Crippen LogP contribution in [0.5, 0.6) is 11.5 Å². The highest BCUT2D eigenvalue weighted by atomic mass is 32.2. The van der Waals surface area contributed by atoms with Crippen molar-refractivity contribution in [1.29, 1.82) is 0 Å². The maximum atomic E-state index is 12.5. The smallest absolute Gasteiger partial charge is 0.223 e. The van der Waals surface area contributed by atoms with Gasteiger partial charge in [-0.15, -0.1) is 0 Å². The highest BCUT2D eigenvalue weighted by molar-refractivity contribution is 7.85. The van der Waals surface area contributed by atoms with E-state index >= 15 is 0 Å². The van der Waals surface area contributed by atoms with Gasteiger partial charge in [0.1, 0.15) is 13.2 Å². The molecule has 4 rings (SSSR count). The van der Waals surface area contributed by atoms with Gasteiger partial charge < -0.3 is 19.7 Å². The Morgan fingerprint density at radius 1 is 1.16 bits per heavy atom. The standard InChI is InChI=1S/C18H24N2O4S/c21-18(20-7-5-13-1-2-14(12-20)19-13)6-10-25(22)15-3-4-16-17(11-15)24-9-8-23-16/h3-4,11,13-14,19H,1-2,5-10,12H2. The highest BCUT2D eigenvalue weighted by Crippen LogP contribution is 2.32. The highest BCUT2D eigenvalue weighted by Gasteiger charge is 2.31. The van der Waals surface area contributed by atoms with Gasteiger partial charge in [0, 0.05) is 48.3 Å². The first-order valence-electron chi connectivity index (χ1n) is 9.01. The van der Waals surface area contributed by atoms with E-state index < -0.39 is 10.8 Å². The number of carbonyl (C=O) groups excluding carboxylic acids is 1. The molecule has 2 fully saturated rings. The summed E-state index contributed by atoms with van der Waals surface area (Å²) in [6, 6.07) is 6.35. The molecule has 6 nitrogen and oxygen atoms in total. The van der Waals surface area contributed by atoms with Gasteiger partial charge in [-0.25, -0.2) is 0 Å². The van der Waals surface area contributed by atoms with Gasteiger partial charge in [0.2, 0.25) is 5.91 Å². The van der Waals surface area contributed by atoms with Crippen molar-refractivity contribution in [3.8, 4) is 11.5 Å². The third-order valence-corrected chi connectivity index (χ3v) is 6.51. The molecule has 1 aromatic rings. The molecule has 1 aromatic carbocycles. The molecule has 7 heteroatoms. The molecule has 2 bridgehead atoms. The molecule has 3 heterocycles. The molecular formula is C18H24N2O4S. The lowest BCUT2D eigenvalue weighted by Crippen LogP contribution is -2.39. The molecule has 0 radical (unpaired) electrons. The van der Waals surface area contributed by atoms with Crippen LogP contribution in [-0.2, 0) is 15.6 Å². The summed E-state index contributed by atoms with van der Waals surface area (Å²) >= 11 is 0. The van der Waals surface area contributed by atoms with Crippen molar-refractivity contribution < 1.29 is 18.5 Å². The van der Waals surface area contributed by atoms with Crippen molar-refractivity contribution in [3.05, 3.63) is 18.2 Å². The zero-order valence-corrected chi connectivity index (χ0v) is 15.1. The van der Waals surface area contributed by atoms with Crippen LogP contribution in [0.2, 0.25) is 0 Å². The maximum Gasteiger partial charge on any atom is 0.223 e. The van der Waals surface area contributed by atoms with Crippen molar-refractivity contribution in [2.24, 2.45) is 0 Å². The van der Waals surface area contributed by atoms with Crippen molar-refractivity contribution in [3.63, 3.8) is 0 Å². The summed E-state index contributed by atoms with van der Waals surface area (Å²) in [6.45, 7) is 2.64. The number of ether oxygens (including phenoxy) is 2. The number of likely N-dealkylation sites (tertiary alicyclic amines) is 1. The largest absolute Gasteiger partial charge is 0.486 e. The number of carbonyl (C=O) groups is 1. The molecular weight excluding hydrogens is 340 g/mol. The van der Waals surface area contributed by atoms with Gasteiger partial charge in [-0.1, -0.05) is 0 Å². The predicted octanol–water partition coefficient (Wildman–Crippen LogP) is 1.31. The molecule has 1 amide bonds. The summed E-state index contributed by atoms with van der Waals surface area (Å²) in [5, 5.41) is 3.58. The normalized spacial score (nSPS) is 26.2. The zero-order valence-electron chi connectivity index (χ0n) is 14.2. The van der Waals surface area contributed by atoms with Crippen LogP contribution in [0, 0.1) is 0 Å². The number of amides is 1. The van der Waals surface area contributed by atoms with E-state index in [1.54, 1.807) is 18.2 Å². The van der Waals surface area contributed by atoms with Crippen molar-refractivity contribution >= 4 is 16.7 Å². The lowest BCUT2D eigenvalue weighted by atomic mass is 10.1. The lowest BCUT2D eigenvalue weighted by Gasteiger charge is -2.24. The van der Waals surface area contributed by atoms with E-state index in [-0.39, 0.29) is 5.91 Å². The molecule has 25 heavy (non-hydrogen) atoms. The van der Waals surface area contributed by atoms with Crippen LogP contribution >= 0.6 is 0 Å². The first-order valence-corrected chi connectivity index (χ1v) is 10.3. The topological polar surface area (TPSA) is 67.9 Å². The molecule has 0 aromatic heterocycles. The third-order valence-electron chi connectivity index (χ3n) is 5.15. The Labute approximate surface area is 150 Å². The lowest BCUT2D eigenvalue weighted by molar-refractivity contribution is -0.131. The summed E-state index contributed by atoms with van der Waals surface area (Å²) in [6.07, 6.45) is 3.71. The van der Waals surface area contributed by atoms with Crippen molar-refractivity contribution in [2.45, 2.75) is 42.7 Å². The Kier molecular flexibility index (Phi) is 4.94. The molecule has 0 saturated carbocycles. The molecule has 2 saturated heterocycles. The Balaban J connectivity index is 1.33. The van der Waals surface area contributed by atoms with Gasteiger partial charge in [0.15, 0.2) is 11.5 Å². The van der Waals surface area contributed by atoms with Crippen molar-refractivity contribution in [2.75, 3.05) is 32.1 Å². The Bertz CT molecular complexity index is 681. The van der Waals surface area contributed by atoms with Crippen LogP contribution in [0.15, 0.2) is 23.1 Å². The van der Waals surface area contributed by atoms with Gasteiger partial charge in [0.05, 0.1) is 10.8 Å². The first kappa shape index (κ1) is 16.8. The van der Waals surface area contributed by atoms with E-state index in [1.807, 2.05) is 4.90 Å². The van der Waals surface area contributed by atoms with E-state index in [0.29, 0.717) is 53.9 Å². The fourth-order valence-corrected chi connectivity index (χ4v) is 4.84. The maximum absolute atomic E-state index is 12.5. The molecule has 3 aliphatic heterocycles. The second-order valence-electron chi connectivity index (χ2n) is 6.87. The average Bonchev–Trinajstić information content (AvgIpc) is 2.97. The fourth-order valence-electron chi connectivity index (χ4n) is 3.79. The van der Waals surface area contributed by atoms with Gasteiger partial charge in [-0.3, -0.25) is 9.00 Å². The fraction of sp³-hybridized carbons (Fsp3) is 0.611. The minimum absolute atomic E-state index is 0.111. The van der Waals surface area contributed by atoms with Gasteiger partial charge in [-0.05, 0) is 31.4 Å². The number of nitrogens with one attached hydrogen (secondary N) is 1. The Morgan fingerprint density at radius 2 is 1.96 bits per heavy atom. The van der Waals surface area contributed by atoms with Crippen LogP contribution in [0.25, 0.3) is 0 Å². The average molecular weight is 364 g/mol. The molecule has 0 spiro atoms. The van der Waals surface area contributed by atoms with Crippen LogP contribution < -0.4 is 14.8 Å². The number of hydrogen-bond acceptors (Lipinski definition) is 5. The quantitative estimate of drug-likeness (QED) is 0.872. The Morgan fingerprint density at radius 3 is 2.84 bits per heavy atom. The second kappa shape index (κ2) is 7.33. The van der Waals surface area contributed by atoms with Crippen LogP contribution in [-0.4, -0.2) is 59.2 Å². The first-order chi connectivity index (χ1) is 12.2. The summed E-state index contributed by atoms with van der Waals surface area (Å²) < 4.78 is 23.6. The predicted molar refractivity (Wildman–Crippen MR) is 94.5 cm³/mol. The number of fused-ring (bicyclic) bond motifs is 3. The molecule has 1 N–H and O–H groups in total. The monoisotopic (exact) mass is 364 g/mol. The summed E-state index contributed by atoms with van der Waals surface area (Å²) in [5.74, 6) is 1.78. The van der Waals surface area contributed by atoms with Gasteiger partial charge >= 0.3 is 0 Å². The molecule has 136 valence electrons. The summed E-state index contributed by atoms with van der Waals surface area (Å²) in [7, 11) is -1.21. The second-order valence-corrected chi connectivity index (χ2v) is 8.44. The van der Waals surface area contributed by atoms with Crippen LogP contribution in [0.3, 0.4) is 0 Å². The number of benzene rings is 1. The van der Waals surface area contributed by atoms with E-state index in [0.717, 1.165) is 25.9 Å². The number of nitrogens with zero attached hydrogens (tertiary/aromatic N) is 1. The summed E-state index contributed by atoms with van der Waals surface area (Å²) in [5.41, 5.74) is 0. The molecule has 3 atom stereocenters. The van der Waals surface area contributed by atoms with E-state index in [1.165, 1.54) is 6.42 Å². The third kappa shape index (κ3) is 3.82. The minimum Gasteiger partial charge on any atom is -0.486 e. The van der Waals surface area contributed by atoms with E-state index in [9.17, 15) is 9.00 Å². The van der Waals surface area contributed by atoms with Crippen LogP contribution in [0.4, 0.5) is 0 Å². The Hall–Kier alpha value is -1.60. The number of hydrogen-bond donors (Lipinski definition) is 1. The van der Waals surface area contributed by atoms with Crippen LogP contribution in [0.1, 0.15) is 25.7 Å². The molecule has 0 aliphatic carbocycles. The van der Waals surface area contributed by atoms with Gasteiger partial charge in [0.25, 0.3) is 0 Å². The molecule has 3 aliphatic rings.